The number of carbonyl (C=O) groups is 2. The number of aliphatic hydroxyl groups is 1. The van der Waals surface area contributed by atoms with Crippen LogP contribution < -0.4 is 10.8 Å². The maximum absolute atomic E-state index is 13.7. The summed E-state index contributed by atoms with van der Waals surface area (Å²) in [6.07, 6.45) is -1.19. The number of hydrogen-bond acceptors (Lipinski definition) is 4. The quantitative estimate of drug-likeness (QED) is 0.485. The number of benzene rings is 2. The van der Waals surface area contributed by atoms with E-state index in [1.807, 2.05) is 0 Å². The van der Waals surface area contributed by atoms with Crippen LogP contribution >= 0.6 is 0 Å². The van der Waals surface area contributed by atoms with Crippen molar-refractivity contribution in [2.45, 2.75) is 33.4 Å². The maximum Gasteiger partial charge on any atom is 0.268 e. The van der Waals surface area contributed by atoms with Gasteiger partial charge in [-0.3, -0.25) is 14.8 Å². The van der Waals surface area contributed by atoms with Crippen LogP contribution in [0.2, 0.25) is 0 Å². The average Bonchev–Trinajstić information content (AvgIpc) is 2.61. The van der Waals surface area contributed by atoms with Crippen LogP contribution in [0, 0.1) is 12.7 Å². The first-order chi connectivity index (χ1) is 11.8. The lowest BCUT2D eigenvalue weighted by Gasteiger charge is -2.19. The molecule has 2 amide bonds. The van der Waals surface area contributed by atoms with E-state index in [0.29, 0.717) is 11.1 Å². The number of hydrogen-bond donors (Lipinski definition) is 4. The standard InChI is InChI=1S/C18H19FN2O4.CH4/c1-10-3-4-14(9-15(10)19)12-5-7-13(8-6-12)17(23)20-16(11(2)22)18(24)21-25;/h3-9,11,16,22,25H,1-2H3,(H,20,23)(H,21,24);1H4/t11-,16+;/m1./s1. The average molecular weight is 362 g/mol. The van der Waals surface area contributed by atoms with Gasteiger partial charge in [0, 0.05) is 5.56 Å². The number of halogens is 1. The largest absolute Gasteiger partial charge is 0.391 e. The Labute approximate surface area is 151 Å². The van der Waals surface area contributed by atoms with Gasteiger partial charge in [-0.25, -0.2) is 9.87 Å². The molecule has 0 saturated heterocycles. The van der Waals surface area contributed by atoms with Crippen molar-refractivity contribution in [1.29, 1.82) is 0 Å². The highest BCUT2D eigenvalue weighted by Gasteiger charge is 2.25. The van der Waals surface area contributed by atoms with Crippen molar-refractivity contribution in [3.63, 3.8) is 0 Å². The molecule has 0 radical (unpaired) electrons. The second kappa shape index (κ2) is 9.07. The number of aryl methyl sites for hydroxylation is 1. The lowest BCUT2D eigenvalue weighted by Crippen LogP contribution is -2.51. The third-order valence-corrected chi connectivity index (χ3v) is 3.81. The molecule has 0 spiro atoms. The molecule has 2 aromatic carbocycles. The SMILES string of the molecule is C.Cc1ccc(-c2ccc(C(=O)N[C@H](C(=O)NO)[C@@H](C)O)cc2)cc1F. The molecule has 0 bridgehead atoms. The molecule has 140 valence electrons. The molecule has 2 rings (SSSR count). The van der Waals surface area contributed by atoms with Crippen LogP contribution in [0.15, 0.2) is 42.5 Å². The van der Waals surface area contributed by atoms with Gasteiger partial charge in [0.1, 0.15) is 11.9 Å². The summed E-state index contributed by atoms with van der Waals surface area (Å²) in [6.45, 7) is 2.99. The van der Waals surface area contributed by atoms with Gasteiger partial charge in [0.2, 0.25) is 0 Å². The van der Waals surface area contributed by atoms with Crippen molar-refractivity contribution in [1.82, 2.24) is 10.8 Å². The summed E-state index contributed by atoms with van der Waals surface area (Å²) in [6, 6.07) is 9.94. The summed E-state index contributed by atoms with van der Waals surface area (Å²) < 4.78 is 13.7. The molecule has 0 fully saturated rings. The predicted octanol–water partition coefficient (Wildman–Crippen LogP) is 2.42. The smallest absolute Gasteiger partial charge is 0.268 e. The van der Waals surface area contributed by atoms with E-state index in [1.54, 1.807) is 31.2 Å². The highest BCUT2D eigenvalue weighted by molar-refractivity contribution is 5.97. The summed E-state index contributed by atoms with van der Waals surface area (Å²) in [5.74, 6) is -1.82. The second-order valence-corrected chi connectivity index (χ2v) is 5.71. The van der Waals surface area contributed by atoms with Crippen molar-refractivity contribution in [2.75, 3.05) is 0 Å². The molecule has 2 aromatic rings. The van der Waals surface area contributed by atoms with Crippen molar-refractivity contribution in [2.24, 2.45) is 0 Å². The first kappa shape index (κ1) is 21.3. The Balaban J connectivity index is 0.00000338. The van der Waals surface area contributed by atoms with Crippen LogP contribution in [0.5, 0.6) is 0 Å². The van der Waals surface area contributed by atoms with E-state index >= 15 is 0 Å². The lowest BCUT2D eigenvalue weighted by atomic mass is 10.0. The molecular formula is C19H23FN2O4. The minimum Gasteiger partial charge on any atom is -0.391 e. The Bertz CT molecular complexity index is 776. The van der Waals surface area contributed by atoms with E-state index in [1.165, 1.54) is 30.6 Å². The topological polar surface area (TPSA) is 98.7 Å². The highest BCUT2D eigenvalue weighted by atomic mass is 19.1. The number of amides is 2. The number of hydroxylamine groups is 1. The van der Waals surface area contributed by atoms with E-state index in [0.717, 1.165) is 5.56 Å². The molecule has 0 unspecified atom stereocenters. The van der Waals surface area contributed by atoms with Crippen molar-refractivity contribution in [3.8, 4) is 11.1 Å². The van der Waals surface area contributed by atoms with Gasteiger partial charge in [0.25, 0.3) is 11.8 Å². The zero-order valence-corrected chi connectivity index (χ0v) is 13.8. The summed E-state index contributed by atoms with van der Waals surface area (Å²) in [5.41, 5.74) is 3.61. The van der Waals surface area contributed by atoms with E-state index < -0.39 is 24.0 Å². The number of carbonyl (C=O) groups excluding carboxylic acids is 2. The molecule has 6 nitrogen and oxygen atoms in total. The Hall–Kier alpha value is -2.77. The van der Waals surface area contributed by atoms with Gasteiger partial charge in [0.05, 0.1) is 6.10 Å². The third-order valence-electron chi connectivity index (χ3n) is 3.81. The zero-order valence-electron chi connectivity index (χ0n) is 13.8. The van der Waals surface area contributed by atoms with Gasteiger partial charge in [-0.05, 0) is 48.7 Å². The van der Waals surface area contributed by atoms with Gasteiger partial charge in [-0.15, -0.1) is 0 Å². The fraction of sp³-hybridized carbons (Fsp3) is 0.263. The van der Waals surface area contributed by atoms with Gasteiger partial charge in [0.15, 0.2) is 0 Å². The molecule has 7 heteroatoms. The Kier molecular flexibility index (Phi) is 7.42. The van der Waals surface area contributed by atoms with Gasteiger partial charge >= 0.3 is 0 Å². The Morgan fingerprint density at radius 2 is 1.65 bits per heavy atom. The van der Waals surface area contributed by atoms with Crippen LogP contribution in [0.25, 0.3) is 11.1 Å². The van der Waals surface area contributed by atoms with E-state index in [-0.39, 0.29) is 18.8 Å². The molecule has 0 saturated carbocycles. The van der Waals surface area contributed by atoms with Crippen molar-refractivity contribution in [3.05, 3.63) is 59.4 Å². The van der Waals surface area contributed by atoms with E-state index in [2.05, 4.69) is 5.32 Å². The fourth-order valence-corrected chi connectivity index (χ4v) is 2.29. The van der Waals surface area contributed by atoms with Gasteiger partial charge < -0.3 is 10.4 Å². The monoisotopic (exact) mass is 362 g/mol. The molecule has 2 atom stereocenters. The molecule has 0 aliphatic carbocycles. The van der Waals surface area contributed by atoms with Crippen molar-refractivity contribution < 1.29 is 24.3 Å². The minimum absolute atomic E-state index is 0. The first-order valence-corrected chi connectivity index (χ1v) is 7.63. The van der Waals surface area contributed by atoms with E-state index in [9.17, 15) is 19.1 Å². The number of rotatable bonds is 5. The van der Waals surface area contributed by atoms with Crippen LogP contribution in [-0.4, -0.2) is 34.3 Å². The molecule has 0 aromatic heterocycles. The van der Waals surface area contributed by atoms with Crippen LogP contribution in [0.3, 0.4) is 0 Å². The van der Waals surface area contributed by atoms with Gasteiger partial charge in [-0.1, -0.05) is 31.7 Å². The molecule has 26 heavy (non-hydrogen) atoms. The van der Waals surface area contributed by atoms with Crippen LogP contribution in [-0.2, 0) is 4.79 Å². The predicted molar refractivity (Wildman–Crippen MR) is 96.2 cm³/mol. The minimum atomic E-state index is -1.29. The van der Waals surface area contributed by atoms with Crippen molar-refractivity contribution >= 4 is 11.8 Å². The Morgan fingerprint density at radius 3 is 2.15 bits per heavy atom. The maximum atomic E-state index is 13.7. The fourth-order valence-electron chi connectivity index (χ4n) is 2.29. The Morgan fingerprint density at radius 1 is 1.08 bits per heavy atom. The summed E-state index contributed by atoms with van der Waals surface area (Å²) >= 11 is 0. The second-order valence-electron chi connectivity index (χ2n) is 5.71. The molecule has 4 N–H and O–H groups in total. The van der Waals surface area contributed by atoms with Crippen LogP contribution in [0.1, 0.15) is 30.3 Å². The first-order valence-electron chi connectivity index (χ1n) is 7.63. The number of aliphatic hydroxyl groups excluding tert-OH is 1. The van der Waals surface area contributed by atoms with Gasteiger partial charge in [-0.2, -0.15) is 0 Å². The lowest BCUT2D eigenvalue weighted by molar-refractivity contribution is -0.133. The summed E-state index contributed by atoms with van der Waals surface area (Å²) in [5, 5.41) is 20.5. The highest BCUT2D eigenvalue weighted by Crippen LogP contribution is 2.22. The summed E-state index contributed by atoms with van der Waals surface area (Å²) in [4.78, 5) is 23.6. The van der Waals surface area contributed by atoms with Crippen LogP contribution in [0.4, 0.5) is 4.39 Å². The molecule has 0 aliphatic rings. The molecule has 0 aliphatic heterocycles. The molecule has 0 heterocycles. The van der Waals surface area contributed by atoms with E-state index in [4.69, 9.17) is 5.21 Å². The normalized spacial score (nSPS) is 12.5. The third kappa shape index (κ3) is 4.87. The summed E-state index contributed by atoms with van der Waals surface area (Å²) in [7, 11) is 0. The molecular weight excluding hydrogens is 339 g/mol. The number of nitrogens with one attached hydrogen (secondary N) is 2. The zero-order chi connectivity index (χ0) is 18.6.